The molecule has 0 radical (unpaired) electrons. The third-order valence-corrected chi connectivity index (χ3v) is 0.500. The zero-order valence-corrected chi connectivity index (χ0v) is 6.74. The molecule has 0 saturated carbocycles. The van der Waals surface area contributed by atoms with Gasteiger partial charge in [0.1, 0.15) is 0 Å². The highest BCUT2D eigenvalue weighted by atomic mass is 14.8. The molecule has 0 amide bonds. The summed E-state index contributed by atoms with van der Waals surface area (Å²) in [6, 6.07) is 0. The van der Waals surface area contributed by atoms with E-state index in [1.807, 2.05) is 0 Å². The number of hydrogen-bond donors (Lipinski definition) is 1. The summed E-state index contributed by atoms with van der Waals surface area (Å²) in [5, 5.41) is 3.11. The molecule has 0 unspecified atom stereocenters. The first-order valence-electron chi connectivity index (χ1n) is 3.12. The van der Waals surface area contributed by atoms with Gasteiger partial charge in [-0.15, -0.1) is 26.3 Å². The van der Waals surface area contributed by atoms with Crippen LogP contribution in [0.4, 0.5) is 0 Å². The minimum Gasteiger partial charge on any atom is -0.317 e. The van der Waals surface area contributed by atoms with Crippen LogP contribution in [-0.4, -0.2) is 13.1 Å². The Morgan fingerprint density at radius 3 is 1.11 bits per heavy atom. The summed E-state index contributed by atoms with van der Waals surface area (Å²) in [7, 11) is 0. The van der Waals surface area contributed by atoms with Crippen molar-refractivity contribution in [1.29, 1.82) is 0 Å². The quantitative estimate of drug-likeness (QED) is 0.564. The fourth-order valence-electron chi connectivity index (χ4n) is 0.250. The Balaban J connectivity index is -0.0000000771. The van der Waals surface area contributed by atoms with Gasteiger partial charge in [0.15, 0.2) is 0 Å². The molecule has 0 spiro atoms. The van der Waals surface area contributed by atoms with E-state index in [1.54, 1.807) is 0 Å². The first-order valence-corrected chi connectivity index (χ1v) is 3.12. The van der Waals surface area contributed by atoms with Crippen LogP contribution in [0.3, 0.4) is 0 Å². The average Bonchev–Trinajstić information content (AvgIpc) is 1.98. The molecular formula is C8H19N. The molecule has 0 aliphatic carbocycles. The maximum Gasteiger partial charge on any atom is -0.00775 e. The van der Waals surface area contributed by atoms with Crippen molar-refractivity contribution in [3.63, 3.8) is 0 Å². The Bertz CT molecular complexity index is 23.7. The van der Waals surface area contributed by atoms with Gasteiger partial charge < -0.3 is 5.32 Å². The van der Waals surface area contributed by atoms with Gasteiger partial charge in [0.25, 0.3) is 0 Å². The van der Waals surface area contributed by atoms with Gasteiger partial charge in [-0.25, -0.2) is 0 Å². The van der Waals surface area contributed by atoms with Crippen LogP contribution in [0.2, 0.25) is 0 Å². The number of nitrogens with one attached hydrogen (secondary N) is 1. The van der Waals surface area contributed by atoms with Gasteiger partial charge in [-0.2, -0.15) is 0 Å². The fraction of sp³-hybridized carbons (Fsp3) is 0.500. The molecule has 56 valence electrons. The molecule has 0 aromatic carbocycles. The van der Waals surface area contributed by atoms with Crippen molar-refractivity contribution in [2.24, 2.45) is 0 Å². The third-order valence-electron chi connectivity index (χ3n) is 0.500. The summed E-state index contributed by atoms with van der Waals surface area (Å²) >= 11 is 0. The van der Waals surface area contributed by atoms with Gasteiger partial charge in [0.05, 0.1) is 0 Å². The van der Waals surface area contributed by atoms with Crippen LogP contribution in [0.25, 0.3) is 0 Å². The van der Waals surface area contributed by atoms with Crippen molar-refractivity contribution in [2.75, 3.05) is 13.1 Å². The number of hydrogen-bond acceptors (Lipinski definition) is 1. The second kappa shape index (κ2) is 51.8. The van der Waals surface area contributed by atoms with Crippen LogP contribution in [-0.2, 0) is 0 Å². The molecule has 1 N–H and O–H groups in total. The second-order valence-electron chi connectivity index (χ2n) is 0.957. The lowest BCUT2D eigenvalue weighted by atomic mass is 10.7. The Kier molecular flexibility index (Phi) is 90.9. The van der Waals surface area contributed by atoms with E-state index in [2.05, 4.69) is 45.5 Å². The topological polar surface area (TPSA) is 12.0 Å². The summed E-state index contributed by atoms with van der Waals surface area (Å²) in [5.41, 5.74) is 0. The second-order valence-corrected chi connectivity index (χ2v) is 0.957. The lowest BCUT2D eigenvalue weighted by Crippen LogP contribution is -2.09. The summed E-state index contributed by atoms with van der Waals surface area (Å²) in [4.78, 5) is 0. The molecule has 0 rings (SSSR count). The zero-order chi connectivity index (χ0) is 8.12. The average molecular weight is 129 g/mol. The maximum atomic E-state index is 3.11. The van der Waals surface area contributed by atoms with E-state index in [9.17, 15) is 0 Å². The van der Waals surface area contributed by atoms with Crippen LogP contribution in [0.5, 0.6) is 0 Å². The standard InChI is InChI=1S/C4H11N.2C2H4/c1-3-5-4-2;2*1-2/h5H,3-4H2,1-2H3;2*1-2H2. The Morgan fingerprint density at radius 2 is 1.11 bits per heavy atom. The predicted molar refractivity (Wildman–Crippen MR) is 46.7 cm³/mol. The molecule has 0 heterocycles. The maximum absolute atomic E-state index is 3.11. The molecule has 0 aromatic heterocycles. The smallest absolute Gasteiger partial charge is 0.00775 e. The first kappa shape index (κ1) is 15.8. The molecule has 0 aliphatic rings. The normalized spacial score (nSPS) is 5.56. The Hall–Kier alpha value is -0.560. The van der Waals surface area contributed by atoms with Gasteiger partial charge >= 0.3 is 0 Å². The van der Waals surface area contributed by atoms with Gasteiger partial charge in [-0.3, -0.25) is 0 Å². The molecule has 0 aromatic rings. The van der Waals surface area contributed by atoms with Crippen molar-refractivity contribution in [2.45, 2.75) is 13.8 Å². The SMILES string of the molecule is C=C.C=C.CCNCC. The zero-order valence-electron chi connectivity index (χ0n) is 6.74. The Morgan fingerprint density at radius 1 is 0.889 bits per heavy atom. The minimum absolute atomic E-state index is 1.09. The minimum atomic E-state index is 1.09. The van der Waals surface area contributed by atoms with Crippen LogP contribution < -0.4 is 5.32 Å². The van der Waals surface area contributed by atoms with E-state index in [4.69, 9.17) is 0 Å². The molecule has 0 saturated heterocycles. The number of rotatable bonds is 2. The lowest BCUT2D eigenvalue weighted by Gasteiger charge is -1.86. The summed E-state index contributed by atoms with van der Waals surface area (Å²) in [6.07, 6.45) is 0. The lowest BCUT2D eigenvalue weighted by molar-refractivity contribution is 0.762. The molecule has 0 aliphatic heterocycles. The highest BCUT2D eigenvalue weighted by Crippen LogP contribution is 1.47. The van der Waals surface area contributed by atoms with Gasteiger partial charge in [0, 0.05) is 0 Å². The van der Waals surface area contributed by atoms with Crippen LogP contribution in [0, 0.1) is 0 Å². The van der Waals surface area contributed by atoms with Crippen molar-refractivity contribution >= 4 is 0 Å². The predicted octanol–water partition coefficient (Wildman–Crippen LogP) is 2.22. The molecule has 0 bridgehead atoms. The monoisotopic (exact) mass is 129 g/mol. The van der Waals surface area contributed by atoms with E-state index >= 15 is 0 Å². The highest BCUT2D eigenvalue weighted by Gasteiger charge is 1.62. The van der Waals surface area contributed by atoms with E-state index in [1.165, 1.54) is 0 Å². The van der Waals surface area contributed by atoms with Crippen LogP contribution in [0.15, 0.2) is 26.3 Å². The van der Waals surface area contributed by atoms with E-state index in [-0.39, 0.29) is 0 Å². The largest absolute Gasteiger partial charge is 0.317 e. The fourth-order valence-corrected chi connectivity index (χ4v) is 0.250. The van der Waals surface area contributed by atoms with Gasteiger partial charge in [-0.05, 0) is 13.1 Å². The van der Waals surface area contributed by atoms with Crippen LogP contribution in [0.1, 0.15) is 13.8 Å². The van der Waals surface area contributed by atoms with Crippen molar-refractivity contribution in [1.82, 2.24) is 5.32 Å². The summed E-state index contributed by atoms with van der Waals surface area (Å²) in [5.74, 6) is 0. The van der Waals surface area contributed by atoms with Crippen molar-refractivity contribution < 1.29 is 0 Å². The van der Waals surface area contributed by atoms with E-state index in [0.717, 1.165) is 13.1 Å². The molecule has 9 heavy (non-hydrogen) atoms. The van der Waals surface area contributed by atoms with Crippen LogP contribution >= 0.6 is 0 Å². The Labute approximate surface area is 59.5 Å². The molecular weight excluding hydrogens is 110 g/mol. The van der Waals surface area contributed by atoms with Gasteiger partial charge in [-0.1, -0.05) is 13.8 Å². The van der Waals surface area contributed by atoms with E-state index < -0.39 is 0 Å². The summed E-state index contributed by atoms with van der Waals surface area (Å²) < 4.78 is 0. The van der Waals surface area contributed by atoms with E-state index in [0.29, 0.717) is 0 Å². The third kappa shape index (κ3) is 106. The first-order chi connectivity index (χ1) is 4.41. The highest BCUT2D eigenvalue weighted by molar-refractivity contribution is 4.27. The molecule has 1 heteroatoms. The van der Waals surface area contributed by atoms with Crippen molar-refractivity contribution in [3.8, 4) is 0 Å². The molecule has 1 nitrogen and oxygen atoms in total. The molecule has 0 atom stereocenters. The van der Waals surface area contributed by atoms with Gasteiger partial charge in [0.2, 0.25) is 0 Å². The van der Waals surface area contributed by atoms with Crippen molar-refractivity contribution in [3.05, 3.63) is 26.3 Å². The molecule has 0 fully saturated rings. The summed E-state index contributed by atoms with van der Waals surface area (Å²) in [6.45, 7) is 18.4.